The van der Waals surface area contributed by atoms with Crippen LogP contribution in [0.1, 0.15) is 43.0 Å². The van der Waals surface area contributed by atoms with Gasteiger partial charge < -0.3 is 4.90 Å². The van der Waals surface area contributed by atoms with Gasteiger partial charge >= 0.3 is 0 Å². The monoisotopic (exact) mass is 333 g/mol. The lowest BCUT2D eigenvalue weighted by atomic mass is 10.00. The van der Waals surface area contributed by atoms with Crippen LogP contribution < -0.4 is 5.56 Å². The number of hydrogen-bond acceptors (Lipinski definition) is 4. The number of nitrogens with zero attached hydrogens (tertiary/aromatic N) is 3. The molecule has 0 radical (unpaired) electrons. The van der Waals surface area contributed by atoms with Crippen molar-refractivity contribution in [1.82, 2.24) is 14.5 Å². The van der Waals surface area contributed by atoms with Crippen molar-refractivity contribution in [2.45, 2.75) is 59.0 Å². The predicted molar refractivity (Wildman–Crippen MR) is 93.0 cm³/mol. The van der Waals surface area contributed by atoms with Gasteiger partial charge in [0.2, 0.25) is 5.91 Å². The molecule has 6 heteroatoms. The number of aromatic nitrogens is 2. The molecule has 124 valence electrons. The fourth-order valence-electron chi connectivity index (χ4n) is 3.37. The van der Waals surface area contributed by atoms with Gasteiger partial charge in [0, 0.05) is 17.5 Å². The number of aryl methyl sites for hydroxylation is 2. The van der Waals surface area contributed by atoms with Gasteiger partial charge in [-0.3, -0.25) is 14.2 Å². The average molecular weight is 333 g/mol. The first-order valence-corrected chi connectivity index (χ1v) is 9.09. The van der Waals surface area contributed by atoms with Crippen LogP contribution in [-0.4, -0.2) is 32.9 Å². The van der Waals surface area contributed by atoms with E-state index in [4.69, 9.17) is 0 Å². The van der Waals surface area contributed by atoms with E-state index in [1.807, 2.05) is 18.7 Å². The Morgan fingerprint density at radius 2 is 2.17 bits per heavy atom. The van der Waals surface area contributed by atoms with E-state index in [-0.39, 0.29) is 18.0 Å². The number of carbonyl (C=O) groups is 1. The summed E-state index contributed by atoms with van der Waals surface area (Å²) >= 11 is 1.53. The summed E-state index contributed by atoms with van der Waals surface area (Å²) in [6, 6.07) is 0.314. The second-order valence-corrected chi connectivity index (χ2v) is 7.49. The molecule has 2 aromatic heterocycles. The summed E-state index contributed by atoms with van der Waals surface area (Å²) < 4.78 is 1.46. The van der Waals surface area contributed by atoms with E-state index in [1.165, 1.54) is 28.7 Å². The standard InChI is InChI=1S/C17H23N3O2S/c1-4-13-7-5-6-8-20(13)14(21)9-19-10-18-16-15(17(19)22)11(2)12(3)23-16/h10,13H,4-9H2,1-3H3/t13-/m1/s1. The summed E-state index contributed by atoms with van der Waals surface area (Å²) in [7, 11) is 0. The summed E-state index contributed by atoms with van der Waals surface area (Å²) in [6.45, 7) is 6.95. The van der Waals surface area contributed by atoms with Crippen molar-refractivity contribution in [1.29, 1.82) is 0 Å². The second kappa shape index (κ2) is 6.43. The Balaban J connectivity index is 1.89. The highest BCUT2D eigenvalue weighted by molar-refractivity contribution is 7.18. The number of likely N-dealkylation sites (tertiary alicyclic amines) is 1. The van der Waals surface area contributed by atoms with Gasteiger partial charge in [0.25, 0.3) is 5.56 Å². The molecule has 1 fully saturated rings. The van der Waals surface area contributed by atoms with E-state index in [0.29, 0.717) is 11.4 Å². The van der Waals surface area contributed by atoms with Crippen molar-refractivity contribution in [3.8, 4) is 0 Å². The second-order valence-electron chi connectivity index (χ2n) is 6.29. The molecule has 0 spiro atoms. The van der Waals surface area contributed by atoms with E-state index >= 15 is 0 Å². The smallest absolute Gasteiger partial charge is 0.262 e. The molecule has 2 aromatic rings. The van der Waals surface area contributed by atoms with Gasteiger partial charge in [-0.05, 0) is 45.1 Å². The third kappa shape index (κ3) is 2.92. The average Bonchev–Trinajstić information content (AvgIpc) is 2.85. The van der Waals surface area contributed by atoms with Crippen LogP contribution in [0.2, 0.25) is 0 Å². The van der Waals surface area contributed by atoms with Crippen LogP contribution in [0.25, 0.3) is 10.2 Å². The number of amides is 1. The number of thiophene rings is 1. The number of rotatable bonds is 3. The molecule has 1 aliphatic rings. The molecule has 1 atom stereocenters. The third-order valence-corrected chi connectivity index (χ3v) is 6.00. The van der Waals surface area contributed by atoms with Gasteiger partial charge in [0.05, 0.1) is 11.7 Å². The van der Waals surface area contributed by atoms with Gasteiger partial charge in [-0.15, -0.1) is 11.3 Å². The highest BCUT2D eigenvalue weighted by Crippen LogP contribution is 2.25. The minimum absolute atomic E-state index is 0.0319. The van der Waals surface area contributed by atoms with E-state index in [0.717, 1.165) is 41.1 Å². The molecule has 0 bridgehead atoms. The molecule has 1 aliphatic heterocycles. The molecule has 1 saturated heterocycles. The van der Waals surface area contributed by atoms with Crippen LogP contribution in [-0.2, 0) is 11.3 Å². The molecule has 0 N–H and O–H groups in total. The molecule has 0 unspecified atom stereocenters. The Bertz CT molecular complexity index is 793. The van der Waals surface area contributed by atoms with Crippen molar-refractivity contribution in [2.75, 3.05) is 6.54 Å². The predicted octanol–water partition coefficient (Wildman–Crippen LogP) is 2.87. The molecule has 3 rings (SSSR count). The molecular weight excluding hydrogens is 310 g/mol. The Hall–Kier alpha value is -1.69. The zero-order valence-corrected chi connectivity index (χ0v) is 14.8. The van der Waals surface area contributed by atoms with E-state index < -0.39 is 0 Å². The van der Waals surface area contributed by atoms with Crippen LogP contribution in [0.15, 0.2) is 11.1 Å². The Morgan fingerprint density at radius 1 is 1.39 bits per heavy atom. The number of fused-ring (bicyclic) bond motifs is 1. The van der Waals surface area contributed by atoms with Gasteiger partial charge in [-0.25, -0.2) is 4.98 Å². The highest BCUT2D eigenvalue weighted by atomic mass is 32.1. The molecular formula is C17H23N3O2S. The van der Waals surface area contributed by atoms with Crippen molar-refractivity contribution < 1.29 is 4.79 Å². The summed E-state index contributed by atoms with van der Waals surface area (Å²) in [4.78, 5) is 33.5. The summed E-state index contributed by atoms with van der Waals surface area (Å²) in [5, 5.41) is 0.661. The third-order valence-electron chi connectivity index (χ3n) is 4.88. The van der Waals surface area contributed by atoms with Gasteiger partial charge in [-0.1, -0.05) is 6.92 Å². The zero-order valence-electron chi connectivity index (χ0n) is 14.0. The van der Waals surface area contributed by atoms with Crippen LogP contribution in [0.3, 0.4) is 0 Å². The highest BCUT2D eigenvalue weighted by Gasteiger charge is 2.25. The summed E-state index contributed by atoms with van der Waals surface area (Å²) in [5.74, 6) is 0.0319. The Morgan fingerprint density at radius 3 is 2.91 bits per heavy atom. The normalized spacial score (nSPS) is 18.6. The van der Waals surface area contributed by atoms with Crippen molar-refractivity contribution in [3.63, 3.8) is 0 Å². The van der Waals surface area contributed by atoms with Crippen molar-refractivity contribution >= 4 is 27.5 Å². The first-order valence-electron chi connectivity index (χ1n) is 8.27. The number of piperidine rings is 1. The van der Waals surface area contributed by atoms with Gasteiger partial charge in [0.15, 0.2) is 0 Å². The van der Waals surface area contributed by atoms with Crippen LogP contribution in [0, 0.1) is 13.8 Å². The lowest BCUT2D eigenvalue weighted by molar-refractivity contribution is -0.135. The van der Waals surface area contributed by atoms with E-state index in [2.05, 4.69) is 11.9 Å². The van der Waals surface area contributed by atoms with Crippen molar-refractivity contribution in [2.24, 2.45) is 0 Å². The molecule has 1 amide bonds. The van der Waals surface area contributed by atoms with Crippen LogP contribution in [0.5, 0.6) is 0 Å². The van der Waals surface area contributed by atoms with Crippen LogP contribution in [0.4, 0.5) is 0 Å². The molecule has 23 heavy (non-hydrogen) atoms. The minimum atomic E-state index is -0.102. The van der Waals surface area contributed by atoms with Gasteiger partial charge in [-0.2, -0.15) is 0 Å². The van der Waals surface area contributed by atoms with Crippen LogP contribution >= 0.6 is 11.3 Å². The summed E-state index contributed by atoms with van der Waals surface area (Å²) in [6.07, 6.45) is 5.79. The molecule has 5 nitrogen and oxygen atoms in total. The topological polar surface area (TPSA) is 55.2 Å². The molecule has 0 aliphatic carbocycles. The number of carbonyl (C=O) groups excluding carboxylic acids is 1. The molecule has 3 heterocycles. The van der Waals surface area contributed by atoms with Crippen molar-refractivity contribution in [3.05, 3.63) is 27.1 Å². The van der Waals surface area contributed by atoms with Gasteiger partial charge in [0.1, 0.15) is 11.4 Å². The SMILES string of the molecule is CC[C@@H]1CCCCN1C(=O)Cn1cnc2sc(C)c(C)c2c1=O. The fourth-order valence-corrected chi connectivity index (χ4v) is 4.36. The molecule has 0 saturated carbocycles. The van der Waals surface area contributed by atoms with E-state index in [9.17, 15) is 9.59 Å². The largest absolute Gasteiger partial charge is 0.338 e. The Kier molecular flexibility index (Phi) is 4.53. The fraction of sp³-hybridized carbons (Fsp3) is 0.588. The minimum Gasteiger partial charge on any atom is -0.338 e. The lowest BCUT2D eigenvalue weighted by Crippen LogP contribution is -2.45. The Labute approximate surface area is 139 Å². The maximum Gasteiger partial charge on any atom is 0.262 e. The quantitative estimate of drug-likeness (QED) is 0.868. The lowest BCUT2D eigenvalue weighted by Gasteiger charge is -2.35. The maximum atomic E-state index is 12.7. The zero-order chi connectivity index (χ0) is 16.6. The first-order chi connectivity index (χ1) is 11.0. The number of hydrogen-bond donors (Lipinski definition) is 0. The molecule has 0 aromatic carbocycles. The van der Waals surface area contributed by atoms with E-state index in [1.54, 1.807) is 0 Å². The summed E-state index contributed by atoms with van der Waals surface area (Å²) in [5.41, 5.74) is 0.879. The maximum absolute atomic E-state index is 12.7. The first kappa shape index (κ1) is 16.2.